The van der Waals surface area contributed by atoms with Crippen molar-refractivity contribution in [3.05, 3.63) is 77.1 Å². The van der Waals surface area contributed by atoms with E-state index in [-0.39, 0.29) is 29.5 Å². The van der Waals surface area contributed by atoms with Crippen LogP contribution in [0.15, 0.2) is 65.9 Å². The Kier molecular flexibility index (Phi) is 5.80. The molecule has 2 aromatic rings. The molecule has 0 radical (unpaired) electrons. The van der Waals surface area contributed by atoms with Gasteiger partial charge in [0, 0.05) is 11.4 Å². The summed E-state index contributed by atoms with van der Waals surface area (Å²) in [6.45, 7) is 0.505. The van der Waals surface area contributed by atoms with Crippen molar-refractivity contribution in [1.82, 2.24) is 4.90 Å². The Morgan fingerprint density at radius 2 is 1.81 bits per heavy atom. The minimum Gasteiger partial charge on any atom is -0.497 e. The summed E-state index contributed by atoms with van der Waals surface area (Å²) in [5.74, 6) is 0.793. The Morgan fingerprint density at radius 1 is 1.06 bits per heavy atom. The number of amides is 1. The van der Waals surface area contributed by atoms with Crippen LogP contribution >= 0.6 is 15.9 Å². The number of rotatable bonds is 5. The number of ether oxygens (including phenoxy) is 2. The predicted molar refractivity (Wildman–Crippen MR) is 125 cm³/mol. The number of fused-ring (bicyclic) bond motifs is 1. The van der Waals surface area contributed by atoms with E-state index in [2.05, 4.69) is 15.9 Å². The predicted octanol–water partition coefficient (Wildman–Crippen LogP) is 4.61. The average Bonchev–Trinajstić information content (AvgIpc) is 3.11. The van der Waals surface area contributed by atoms with E-state index in [0.717, 1.165) is 36.1 Å². The molecule has 1 amide bonds. The number of carbonyl (C=O) groups is 2. The lowest BCUT2D eigenvalue weighted by Crippen LogP contribution is -2.41. The molecule has 1 aliphatic carbocycles. The molecule has 0 spiro atoms. The summed E-state index contributed by atoms with van der Waals surface area (Å²) in [6.07, 6.45) is 2.98. The number of carbonyl (C=O) groups excluding carboxylic acids is 2. The molecule has 0 N–H and O–H groups in total. The SMILES string of the molecule is COc1ccc(CCN2C(=O)C3=C(C(=O)C4CC(Br)CCC4O3)C2c2ccccc2)cc1. The van der Waals surface area contributed by atoms with Crippen LogP contribution in [0.1, 0.15) is 36.4 Å². The molecule has 5 nitrogen and oxygen atoms in total. The second kappa shape index (κ2) is 8.74. The van der Waals surface area contributed by atoms with Crippen LogP contribution in [0, 0.1) is 5.92 Å². The number of alkyl halides is 1. The number of ketones is 1. The Balaban J connectivity index is 1.46. The molecule has 2 aromatic carbocycles. The number of halogens is 1. The van der Waals surface area contributed by atoms with Gasteiger partial charge in [0.15, 0.2) is 11.5 Å². The largest absolute Gasteiger partial charge is 0.497 e. The van der Waals surface area contributed by atoms with Crippen molar-refractivity contribution in [2.45, 2.75) is 42.7 Å². The standard InChI is InChI=1S/C26H26BrNO4/c1-31-19-10-7-16(8-11-19)13-14-28-23(17-5-3-2-4-6-17)22-24(29)20-15-18(27)9-12-21(20)32-25(22)26(28)30/h2-8,10-11,18,20-21,23H,9,12-15H2,1H3. The lowest BCUT2D eigenvalue weighted by molar-refractivity contribution is -0.135. The normalized spacial score (nSPS) is 27.1. The van der Waals surface area contributed by atoms with Crippen molar-refractivity contribution in [1.29, 1.82) is 0 Å². The Labute approximate surface area is 196 Å². The highest BCUT2D eigenvalue weighted by atomic mass is 79.9. The molecule has 2 aliphatic heterocycles. The van der Waals surface area contributed by atoms with Gasteiger partial charge in [0.05, 0.1) is 24.6 Å². The maximum Gasteiger partial charge on any atom is 0.290 e. The summed E-state index contributed by atoms with van der Waals surface area (Å²) in [4.78, 5) is 29.3. The summed E-state index contributed by atoms with van der Waals surface area (Å²) in [5, 5.41) is 0. The fraction of sp³-hybridized carbons (Fsp3) is 0.385. The smallest absolute Gasteiger partial charge is 0.290 e. The van der Waals surface area contributed by atoms with E-state index in [1.807, 2.05) is 59.5 Å². The lowest BCUT2D eigenvalue weighted by Gasteiger charge is -2.37. The summed E-state index contributed by atoms with van der Waals surface area (Å²) >= 11 is 3.68. The third-order valence-electron chi connectivity index (χ3n) is 6.79. The first kappa shape index (κ1) is 21.3. The van der Waals surface area contributed by atoms with Crippen molar-refractivity contribution in [3.63, 3.8) is 0 Å². The number of nitrogens with zero attached hydrogens (tertiary/aromatic N) is 1. The van der Waals surface area contributed by atoms with Gasteiger partial charge >= 0.3 is 0 Å². The van der Waals surface area contributed by atoms with E-state index in [1.54, 1.807) is 7.11 Å². The van der Waals surface area contributed by atoms with Crippen LogP contribution in [0.5, 0.6) is 5.75 Å². The van der Waals surface area contributed by atoms with Gasteiger partial charge in [0.1, 0.15) is 11.9 Å². The summed E-state index contributed by atoms with van der Waals surface area (Å²) < 4.78 is 11.5. The van der Waals surface area contributed by atoms with Crippen LogP contribution in [0.25, 0.3) is 0 Å². The van der Waals surface area contributed by atoms with E-state index >= 15 is 0 Å². The van der Waals surface area contributed by atoms with Crippen molar-refractivity contribution in [2.75, 3.05) is 13.7 Å². The van der Waals surface area contributed by atoms with Crippen LogP contribution in [0.4, 0.5) is 0 Å². The second-order valence-electron chi connectivity index (χ2n) is 8.69. The Bertz CT molecular complexity index is 1050. The highest BCUT2D eigenvalue weighted by Crippen LogP contribution is 2.47. The molecular weight excluding hydrogens is 470 g/mol. The number of hydrogen-bond donors (Lipinski definition) is 0. The second-order valence-corrected chi connectivity index (χ2v) is 9.98. The molecule has 32 heavy (non-hydrogen) atoms. The first-order valence-electron chi connectivity index (χ1n) is 11.1. The van der Waals surface area contributed by atoms with Crippen LogP contribution in [0.2, 0.25) is 0 Å². The molecule has 1 saturated carbocycles. The lowest BCUT2D eigenvalue weighted by atomic mass is 9.77. The molecule has 0 bridgehead atoms. The zero-order valence-corrected chi connectivity index (χ0v) is 19.6. The molecule has 6 heteroatoms. The van der Waals surface area contributed by atoms with E-state index < -0.39 is 6.04 Å². The van der Waals surface area contributed by atoms with Crippen molar-refractivity contribution in [2.24, 2.45) is 5.92 Å². The Morgan fingerprint density at radius 3 is 2.53 bits per heavy atom. The van der Waals surface area contributed by atoms with Gasteiger partial charge in [0.2, 0.25) is 0 Å². The van der Waals surface area contributed by atoms with Gasteiger partial charge < -0.3 is 14.4 Å². The number of methoxy groups -OCH3 is 1. The van der Waals surface area contributed by atoms with Gasteiger partial charge in [-0.05, 0) is 48.9 Å². The molecule has 3 aliphatic rings. The highest BCUT2D eigenvalue weighted by Gasteiger charge is 2.52. The maximum absolute atomic E-state index is 13.7. The first-order valence-corrected chi connectivity index (χ1v) is 12.1. The molecule has 0 saturated heterocycles. The Hall–Kier alpha value is -2.60. The molecule has 4 unspecified atom stereocenters. The first-order chi connectivity index (χ1) is 15.6. The molecule has 166 valence electrons. The third-order valence-corrected chi connectivity index (χ3v) is 7.63. The van der Waals surface area contributed by atoms with Crippen molar-refractivity contribution < 1.29 is 19.1 Å². The summed E-state index contributed by atoms with van der Waals surface area (Å²) in [5.41, 5.74) is 2.60. The number of benzene rings is 2. The van der Waals surface area contributed by atoms with Crippen LogP contribution in [-0.2, 0) is 20.7 Å². The quantitative estimate of drug-likeness (QED) is 0.568. The zero-order chi connectivity index (χ0) is 22.2. The van der Waals surface area contributed by atoms with Crippen LogP contribution in [0.3, 0.4) is 0 Å². The van der Waals surface area contributed by atoms with Gasteiger partial charge in [-0.3, -0.25) is 9.59 Å². The van der Waals surface area contributed by atoms with E-state index in [0.29, 0.717) is 23.4 Å². The fourth-order valence-electron chi connectivity index (χ4n) is 5.12. The minimum atomic E-state index is -0.402. The summed E-state index contributed by atoms with van der Waals surface area (Å²) in [6, 6.07) is 17.3. The van der Waals surface area contributed by atoms with Gasteiger partial charge in [-0.2, -0.15) is 0 Å². The van der Waals surface area contributed by atoms with Crippen LogP contribution < -0.4 is 4.74 Å². The molecule has 2 heterocycles. The van der Waals surface area contributed by atoms with E-state index in [1.165, 1.54) is 0 Å². The van der Waals surface area contributed by atoms with Crippen molar-refractivity contribution >= 4 is 27.6 Å². The number of Topliss-reactive ketones (excluding diaryl/α,β-unsaturated/α-hetero) is 1. The molecule has 4 atom stereocenters. The minimum absolute atomic E-state index is 0.0783. The molecular formula is C26H26BrNO4. The van der Waals surface area contributed by atoms with Crippen molar-refractivity contribution in [3.8, 4) is 5.75 Å². The fourth-order valence-corrected chi connectivity index (χ4v) is 5.78. The zero-order valence-electron chi connectivity index (χ0n) is 18.0. The third kappa shape index (κ3) is 3.75. The van der Waals surface area contributed by atoms with Gasteiger partial charge in [0.25, 0.3) is 5.91 Å². The molecule has 1 fully saturated rings. The van der Waals surface area contributed by atoms with Gasteiger partial charge in [-0.25, -0.2) is 0 Å². The molecule has 0 aromatic heterocycles. The van der Waals surface area contributed by atoms with Gasteiger partial charge in [-0.15, -0.1) is 0 Å². The topological polar surface area (TPSA) is 55.8 Å². The van der Waals surface area contributed by atoms with Crippen LogP contribution in [-0.4, -0.2) is 41.2 Å². The van der Waals surface area contributed by atoms with E-state index in [9.17, 15) is 9.59 Å². The highest BCUT2D eigenvalue weighted by molar-refractivity contribution is 9.09. The average molecular weight is 496 g/mol. The van der Waals surface area contributed by atoms with E-state index in [4.69, 9.17) is 9.47 Å². The van der Waals surface area contributed by atoms with Gasteiger partial charge in [-0.1, -0.05) is 58.4 Å². The maximum atomic E-state index is 13.7. The molecule has 5 rings (SSSR count). The monoisotopic (exact) mass is 495 g/mol. The number of hydrogen-bond acceptors (Lipinski definition) is 4. The summed E-state index contributed by atoms with van der Waals surface area (Å²) in [7, 11) is 1.64.